The molecule has 0 saturated heterocycles. The number of hydrogen-bond donors (Lipinski definition) is 2. The molecule has 26 heavy (non-hydrogen) atoms. The number of ether oxygens (including phenoxy) is 1. The first-order valence-electron chi connectivity index (χ1n) is 9.35. The minimum atomic E-state index is -0.714. The molecule has 4 rings (SSSR count). The van der Waals surface area contributed by atoms with Gasteiger partial charge in [0, 0.05) is 11.5 Å². The van der Waals surface area contributed by atoms with Crippen molar-refractivity contribution < 1.29 is 19.7 Å². The van der Waals surface area contributed by atoms with Gasteiger partial charge in [-0.05, 0) is 42.4 Å². The van der Waals surface area contributed by atoms with E-state index in [4.69, 9.17) is 4.74 Å². The van der Waals surface area contributed by atoms with E-state index in [1.54, 1.807) is 0 Å². The lowest BCUT2D eigenvalue weighted by Gasteiger charge is -2.31. The van der Waals surface area contributed by atoms with Gasteiger partial charge in [-0.3, -0.25) is 4.79 Å². The van der Waals surface area contributed by atoms with Crippen LogP contribution >= 0.6 is 0 Å². The van der Waals surface area contributed by atoms with Gasteiger partial charge in [0.15, 0.2) is 0 Å². The summed E-state index contributed by atoms with van der Waals surface area (Å²) in [5.74, 6) is -0.258. The maximum Gasteiger partial charge on any atom is 0.307 e. The topological polar surface area (TPSA) is 66.8 Å². The lowest BCUT2D eigenvalue weighted by Crippen LogP contribution is -2.28. The third-order valence-electron chi connectivity index (χ3n) is 5.86. The highest BCUT2D eigenvalue weighted by molar-refractivity contribution is 5.72. The van der Waals surface area contributed by atoms with Crippen LogP contribution in [0.1, 0.15) is 48.0 Å². The number of carbonyl (C=O) groups is 1. The first kappa shape index (κ1) is 17.1. The van der Waals surface area contributed by atoms with Crippen molar-refractivity contribution in [2.45, 2.75) is 37.7 Å². The number of aliphatic carboxylic acids is 1. The van der Waals surface area contributed by atoms with Gasteiger partial charge in [0.05, 0.1) is 18.6 Å². The first-order valence-corrected chi connectivity index (χ1v) is 9.35. The summed E-state index contributed by atoms with van der Waals surface area (Å²) < 4.78 is 5.97. The van der Waals surface area contributed by atoms with Crippen molar-refractivity contribution in [1.82, 2.24) is 0 Å². The number of benzene rings is 2. The first-order chi connectivity index (χ1) is 12.6. The molecule has 2 aliphatic rings. The Kier molecular flexibility index (Phi) is 4.68. The lowest BCUT2D eigenvalue weighted by atomic mass is 9.84. The van der Waals surface area contributed by atoms with E-state index in [1.165, 1.54) is 5.56 Å². The number of carboxylic acids is 1. The normalized spacial score (nSPS) is 27.6. The molecule has 0 spiro atoms. The van der Waals surface area contributed by atoms with Crippen molar-refractivity contribution >= 4 is 5.97 Å². The van der Waals surface area contributed by atoms with Crippen molar-refractivity contribution in [2.24, 2.45) is 11.8 Å². The molecule has 4 atom stereocenters. The van der Waals surface area contributed by atoms with Gasteiger partial charge in [-0.2, -0.15) is 0 Å². The number of aliphatic hydroxyl groups excluding tert-OH is 1. The Bertz CT molecular complexity index is 786. The van der Waals surface area contributed by atoms with E-state index in [1.807, 2.05) is 36.4 Å². The molecule has 2 aromatic rings. The Morgan fingerprint density at radius 2 is 1.92 bits per heavy atom. The number of rotatable bonds is 4. The standard InChI is InChI=1S/C22H24O4/c23-21-16(11-14-5-2-1-3-6-14)13-26-20-12-15(9-10-19(20)21)17-7-4-8-18(17)22(24)25/h1-3,5-6,9-10,12,16-18,21,23H,4,7-8,11,13H2,(H,24,25)/t16-,17?,18?,21-/m1/s1. The molecule has 1 saturated carbocycles. The Balaban J connectivity index is 1.54. The summed E-state index contributed by atoms with van der Waals surface area (Å²) in [5.41, 5.74) is 3.02. The SMILES string of the molecule is O=C(O)C1CCCC1c1ccc2c(c1)OC[C@@H](Cc1ccccc1)[C@H]2O. The molecule has 0 amide bonds. The van der Waals surface area contributed by atoms with Crippen LogP contribution in [0.15, 0.2) is 48.5 Å². The number of fused-ring (bicyclic) bond motifs is 1. The second-order valence-electron chi connectivity index (χ2n) is 7.49. The minimum absolute atomic E-state index is 0.0222. The van der Waals surface area contributed by atoms with Crippen molar-refractivity contribution in [3.05, 3.63) is 65.2 Å². The second kappa shape index (κ2) is 7.12. The molecule has 0 aromatic heterocycles. The highest BCUT2D eigenvalue weighted by Gasteiger charge is 2.35. The lowest BCUT2D eigenvalue weighted by molar-refractivity contribution is -0.142. The van der Waals surface area contributed by atoms with Crippen LogP contribution < -0.4 is 4.74 Å². The maximum absolute atomic E-state index is 11.5. The Labute approximate surface area is 153 Å². The predicted molar refractivity (Wildman–Crippen MR) is 98.3 cm³/mol. The molecule has 1 heterocycles. The van der Waals surface area contributed by atoms with E-state index in [-0.39, 0.29) is 17.8 Å². The van der Waals surface area contributed by atoms with Gasteiger partial charge in [-0.25, -0.2) is 0 Å². The predicted octanol–water partition coefficient (Wildman–Crippen LogP) is 3.94. The Hall–Kier alpha value is -2.33. The van der Waals surface area contributed by atoms with Crippen LogP contribution in [0.3, 0.4) is 0 Å². The van der Waals surface area contributed by atoms with E-state index in [9.17, 15) is 15.0 Å². The van der Waals surface area contributed by atoms with Crippen molar-refractivity contribution in [3.8, 4) is 5.75 Å². The summed E-state index contributed by atoms with van der Waals surface area (Å²) >= 11 is 0. The van der Waals surface area contributed by atoms with Crippen LogP contribution in [0, 0.1) is 11.8 Å². The van der Waals surface area contributed by atoms with Gasteiger partial charge < -0.3 is 14.9 Å². The Morgan fingerprint density at radius 1 is 1.12 bits per heavy atom. The fourth-order valence-corrected chi connectivity index (χ4v) is 4.43. The fraction of sp³-hybridized carbons (Fsp3) is 0.409. The summed E-state index contributed by atoms with van der Waals surface area (Å²) in [5, 5.41) is 20.2. The van der Waals surface area contributed by atoms with Crippen LogP contribution in [-0.2, 0) is 11.2 Å². The van der Waals surface area contributed by atoms with Gasteiger partial charge in [0.25, 0.3) is 0 Å². The van der Waals surface area contributed by atoms with Gasteiger partial charge in [-0.15, -0.1) is 0 Å². The highest BCUT2D eigenvalue weighted by Crippen LogP contribution is 2.44. The van der Waals surface area contributed by atoms with Crippen molar-refractivity contribution in [2.75, 3.05) is 6.61 Å². The molecule has 0 bridgehead atoms. The van der Waals surface area contributed by atoms with Crippen molar-refractivity contribution in [1.29, 1.82) is 0 Å². The van der Waals surface area contributed by atoms with E-state index in [2.05, 4.69) is 12.1 Å². The van der Waals surface area contributed by atoms with Crippen molar-refractivity contribution in [3.63, 3.8) is 0 Å². The summed E-state index contributed by atoms with van der Waals surface area (Å²) in [6.45, 7) is 0.472. The molecular formula is C22H24O4. The molecule has 2 N–H and O–H groups in total. The molecule has 0 radical (unpaired) electrons. The molecule has 136 valence electrons. The number of hydrogen-bond acceptors (Lipinski definition) is 3. The van der Waals surface area contributed by atoms with E-state index >= 15 is 0 Å². The second-order valence-corrected chi connectivity index (χ2v) is 7.49. The van der Waals surface area contributed by atoms with E-state index < -0.39 is 12.1 Å². The zero-order valence-corrected chi connectivity index (χ0v) is 14.7. The fourth-order valence-electron chi connectivity index (χ4n) is 4.43. The minimum Gasteiger partial charge on any atom is -0.493 e. The summed E-state index contributed by atoms with van der Waals surface area (Å²) in [6, 6.07) is 16.0. The van der Waals surface area contributed by atoms with Crippen LogP contribution in [-0.4, -0.2) is 22.8 Å². The molecule has 2 unspecified atom stereocenters. The average molecular weight is 352 g/mol. The molecule has 4 heteroatoms. The van der Waals surface area contributed by atoms with Gasteiger partial charge in [-0.1, -0.05) is 48.9 Å². The monoisotopic (exact) mass is 352 g/mol. The Morgan fingerprint density at radius 3 is 2.69 bits per heavy atom. The average Bonchev–Trinajstić information content (AvgIpc) is 3.15. The maximum atomic E-state index is 11.5. The molecule has 1 aliphatic carbocycles. The van der Waals surface area contributed by atoms with E-state index in [0.717, 1.165) is 36.8 Å². The van der Waals surface area contributed by atoms with Crippen LogP contribution in [0.5, 0.6) is 5.75 Å². The van der Waals surface area contributed by atoms with E-state index in [0.29, 0.717) is 12.4 Å². The van der Waals surface area contributed by atoms with Crippen LogP contribution in [0.25, 0.3) is 0 Å². The third-order valence-corrected chi connectivity index (χ3v) is 5.86. The highest BCUT2D eigenvalue weighted by atomic mass is 16.5. The summed E-state index contributed by atoms with van der Waals surface area (Å²) in [7, 11) is 0. The summed E-state index contributed by atoms with van der Waals surface area (Å²) in [6.07, 6.45) is 2.79. The zero-order valence-electron chi connectivity index (χ0n) is 14.7. The molecular weight excluding hydrogens is 328 g/mol. The van der Waals surface area contributed by atoms with Gasteiger partial charge in [0.1, 0.15) is 5.75 Å². The van der Waals surface area contributed by atoms with Gasteiger partial charge in [0.2, 0.25) is 0 Å². The molecule has 1 aliphatic heterocycles. The number of aliphatic hydroxyl groups is 1. The quantitative estimate of drug-likeness (QED) is 0.875. The third kappa shape index (κ3) is 3.21. The molecule has 2 aromatic carbocycles. The van der Waals surface area contributed by atoms with Crippen LogP contribution in [0.2, 0.25) is 0 Å². The zero-order chi connectivity index (χ0) is 18.1. The van der Waals surface area contributed by atoms with Gasteiger partial charge >= 0.3 is 5.97 Å². The smallest absolute Gasteiger partial charge is 0.307 e. The number of carboxylic acid groups (broad SMARTS) is 1. The molecule has 4 nitrogen and oxygen atoms in total. The summed E-state index contributed by atoms with van der Waals surface area (Å²) in [4.78, 5) is 11.5. The van der Waals surface area contributed by atoms with Crippen LogP contribution in [0.4, 0.5) is 0 Å². The largest absolute Gasteiger partial charge is 0.493 e. The molecule has 1 fully saturated rings.